The molecule has 1 aromatic rings. The summed E-state index contributed by atoms with van der Waals surface area (Å²) < 4.78 is 6.63. The van der Waals surface area contributed by atoms with Crippen LogP contribution in [0.4, 0.5) is 5.82 Å². The van der Waals surface area contributed by atoms with E-state index in [1.54, 1.807) is 6.20 Å². The summed E-state index contributed by atoms with van der Waals surface area (Å²) in [5.74, 6) is 0.606. The van der Waals surface area contributed by atoms with Gasteiger partial charge in [0.25, 0.3) is 0 Å². The molecule has 4 aliphatic heterocycles. The van der Waals surface area contributed by atoms with Crippen molar-refractivity contribution in [1.29, 1.82) is 0 Å². The van der Waals surface area contributed by atoms with Gasteiger partial charge in [0.05, 0.1) is 12.8 Å². The maximum atomic E-state index is 6.63. The molecule has 2 unspecified atom stereocenters. The van der Waals surface area contributed by atoms with E-state index in [1.165, 1.54) is 32.1 Å². The Morgan fingerprint density at radius 2 is 1.75 bits per heavy atom. The number of anilines is 1. The Balaban J connectivity index is 1.63. The molecule has 5 heterocycles. The molecule has 0 saturated carbocycles. The van der Waals surface area contributed by atoms with Crippen LogP contribution in [0.2, 0.25) is 0 Å². The van der Waals surface area contributed by atoms with E-state index in [4.69, 9.17) is 9.72 Å². The molecule has 0 spiro atoms. The number of likely N-dealkylation sites (tertiary alicyclic amines) is 2. The van der Waals surface area contributed by atoms with Crippen molar-refractivity contribution >= 4 is 5.82 Å². The lowest BCUT2D eigenvalue weighted by molar-refractivity contribution is -0.217. The van der Waals surface area contributed by atoms with Crippen LogP contribution in [0.3, 0.4) is 0 Å². The van der Waals surface area contributed by atoms with Crippen LogP contribution in [-0.4, -0.2) is 82.6 Å². The van der Waals surface area contributed by atoms with Crippen LogP contribution in [0.5, 0.6) is 0 Å². The molecule has 0 bridgehead atoms. The van der Waals surface area contributed by atoms with Crippen LogP contribution >= 0.6 is 0 Å². The van der Waals surface area contributed by atoms with Crippen molar-refractivity contribution in [1.82, 2.24) is 24.7 Å². The molecule has 7 heteroatoms. The Morgan fingerprint density at radius 1 is 0.929 bits per heavy atom. The molecule has 0 radical (unpaired) electrons. The summed E-state index contributed by atoms with van der Waals surface area (Å²) in [6, 6.07) is 0. The van der Waals surface area contributed by atoms with Crippen molar-refractivity contribution in [3.05, 3.63) is 30.9 Å². The zero-order valence-electron chi connectivity index (χ0n) is 16.7. The minimum Gasteiger partial charge on any atom is -0.355 e. The summed E-state index contributed by atoms with van der Waals surface area (Å²) in [4.78, 5) is 19.4. The highest BCUT2D eigenvalue weighted by Gasteiger charge is 2.58. The van der Waals surface area contributed by atoms with Gasteiger partial charge < -0.3 is 14.5 Å². The largest absolute Gasteiger partial charge is 0.355 e. The van der Waals surface area contributed by atoms with Gasteiger partial charge in [-0.1, -0.05) is 12.5 Å². The first kappa shape index (κ1) is 18.3. The van der Waals surface area contributed by atoms with E-state index in [9.17, 15) is 0 Å². The molecule has 3 saturated heterocycles. The van der Waals surface area contributed by atoms with E-state index in [0.717, 1.165) is 58.1 Å². The molecule has 3 fully saturated rings. The monoisotopic (exact) mass is 384 g/mol. The topological polar surface area (TPSA) is 48.0 Å². The highest BCUT2D eigenvalue weighted by atomic mass is 16.5. The number of aromatic nitrogens is 2. The molecule has 152 valence electrons. The molecule has 2 atom stereocenters. The van der Waals surface area contributed by atoms with Crippen LogP contribution < -0.4 is 4.90 Å². The fourth-order valence-corrected chi connectivity index (χ4v) is 5.50. The van der Waals surface area contributed by atoms with Crippen molar-refractivity contribution in [3.63, 3.8) is 0 Å². The predicted octanol–water partition coefficient (Wildman–Crippen LogP) is 2.09. The van der Waals surface area contributed by atoms with E-state index in [0.29, 0.717) is 0 Å². The fourth-order valence-electron chi connectivity index (χ4n) is 5.50. The highest BCUT2D eigenvalue weighted by molar-refractivity contribution is 5.41. The normalized spacial score (nSPS) is 32.4. The van der Waals surface area contributed by atoms with E-state index in [-0.39, 0.29) is 12.0 Å². The number of ether oxygens (including phenoxy) is 1. The van der Waals surface area contributed by atoms with Crippen LogP contribution in [0.1, 0.15) is 38.5 Å². The Morgan fingerprint density at radius 3 is 2.46 bits per heavy atom. The van der Waals surface area contributed by atoms with E-state index in [1.807, 2.05) is 12.4 Å². The Bertz CT molecular complexity index is 673. The van der Waals surface area contributed by atoms with Gasteiger partial charge in [0.15, 0.2) is 6.23 Å². The van der Waals surface area contributed by atoms with E-state index < -0.39 is 0 Å². The SMILES string of the molecule is C1=CN(C2(N3CCCC3)C(N3CCCCC3)OCCN2c2cnccn2)CC1. The smallest absolute Gasteiger partial charge is 0.214 e. The van der Waals surface area contributed by atoms with Crippen LogP contribution in [0.15, 0.2) is 30.9 Å². The molecular formula is C21H32N6O. The molecule has 1 aromatic heterocycles. The van der Waals surface area contributed by atoms with Gasteiger partial charge in [0, 0.05) is 51.7 Å². The van der Waals surface area contributed by atoms with Gasteiger partial charge in [0.2, 0.25) is 5.79 Å². The second-order valence-electron chi connectivity index (χ2n) is 8.28. The minimum absolute atomic E-state index is 0.0180. The summed E-state index contributed by atoms with van der Waals surface area (Å²) in [6.07, 6.45) is 17.6. The number of hydrogen-bond acceptors (Lipinski definition) is 7. The molecule has 4 aliphatic rings. The quantitative estimate of drug-likeness (QED) is 0.788. The maximum Gasteiger partial charge on any atom is 0.214 e. The van der Waals surface area contributed by atoms with Gasteiger partial charge in [-0.2, -0.15) is 0 Å². The standard InChI is InChI=1S/C21H32N6O/c1-2-10-24(11-3-1)20-21(25-12-4-5-13-25,26-14-6-7-15-26)27(16-17-28-20)19-18-22-8-9-23-19/h4,8-9,12,18,20H,1-3,5-7,10-11,13-17H2. The first-order valence-electron chi connectivity index (χ1n) is 11.0. The predicted molar refractivity (Wildman–Crippen MR) is 109 cm³/mol. The van der Waals surface area contributed by atoms with Gasteiger partial charge in [0.1, 0.15) is 5.82 Å². The average Bonchev–Trinajstić information content (AvgIpc) is 3.49. The van der Waals surface area contributed by atoms with Crippen LogP contribution in [0, 0.1) is 0 Å². The molecule has 0 aromatic carbocycles. The lowest BCUT2D eigenvalue weighted by atomic mass is 10.0. The highest BCUT2D eigenvalue weighted by Crippen LogP contribution is 2.41. The van der Waals surface area contributed by atoms with Crippen molar-refractivity contribution in [2.45, 2.75) is 50.5 Å². The maximum absolute atomic E-state index is 6.63. The van der Waals surface area contributed by atoms with Gasteiger partial charge in [-0.05, 0) is 38.3 Å². The molecule has 28 heavy (non-hydrogen) atoms. The molecule has 0 amide bonds. The summed E-state index contributed by atoms with van der Waals surface area (Å²) in [7, 11) is 0. The molecule has 5 rings (SSSR count). The lowest BCUT2D eigenvalue weighted by Crippen LogP contribution is -2.80. The molecule has 0 N–H and O–H groups in total. The Hall–Kier alpha value is -1.70. The van der Waals surface area contributed by atoms with Crippen molar-refractivity contribution in [3.8, 4) is 0 Å². The number of piperidine rings is 1. The van der Waals surface area contributed by atoms with Crippen molar-refractivity contribution in [2.24, 2.45) is 0 Å². The van der Waals surface area contributed by atoms with Crippen molar-refractivity contribution < 1.29 is 4.74 Å². The fraction of sp³-hybridized carbons (Fsp3) is 0.714. The van der Waals surface area contributed by atoms with Gasteiger partial charge in [-0.3, -0.25) is 14.8 Å². The van der Waals surface area contributed by atoms with Gasteiger partial charge in [-0.15, -0.1) is 0 Å². The number of rotatable bonds is 4. The number of hydrogen-bond donors (Lipinski definition) is 0. The number of nitrogens with zero attached hydrogens (tertiary/aromatic N) is 6. The van der Waals surface area contributed by atoms with E-state index in [2.05, 4.69) is 36.9 Å². The average molecular weight is 385 g/mol. The van der Waals surface area contributed by atoms with Gasteiger partial charge in [-0.25, -0.2) is 4.98 Å². The number of morpholine rings is 1. The summed E-state index contributed by atoms with van der Waals surface area (Å²) in [5, 5.41) is 0. The zero-order valence-corrected chi connectivity index (χ0v) is 16.7. The molecular weight excluding hydrogens is 352 g/mol. The van der Waals surface area contributed by atoms with Crippen LogP contribution in [0.25, 0.3) is 0 Å². The zero-order chi connectivity index (χ0) is 18.8. The summed E-state index contributed by atoms with van der Waals surface area (Å²) in [6.45, 7) is 7.04. The second-order valence-corrected chi connectivity index (χ2v) is 8.28. The third kappa shape index (κ3) is 3.00. The Labute approximate surface area is 168 Å². The molecule has 0 aliphatic carbocycles. The first-order chi connectivity index (χ1) is 13.9. The molecule has 7 nitrogen and oxygen atoms in total. The summed E-state index contributed by atoms with van der Waals surface area (Å²) in [5.41, 5.74) is 0. The third-order valence-corrected chi connectivity index (χ3v) is 6.68. The first-order valence-corrected chi connectivity index (χ1v) is 11.0. The third-order valence-electron chi connectivity index (χ3n) is 6.68. The van der Waals surface area contributed by atoms with Crippen LogP contribution in [-0.2, 0) is 4.74 Å². The van der Waals surface area contributed by atoms with Crippen molar-refractivity contribution in [2.75, 3.05) is 50.8 Å². The van der Waals surface area contributed by atoms with E-state index >= 15 is 0 Å². The lowest BCUT2D eigenvalue weighted by Gasteiger charge is -2.62. The Kier molecular flexibility index (Phi) is 5.22. The second kappa shape index (κ2) is 7.97. The summed E-state index contributed by atoms with van der Waals surface area (Å²) >= 11 is 0. The van der Waals surface area contributed by atoms with Gasteiger partial charge >= 0.3 is 0 Å². The minimum atomic E-state index is -0.352.